The fourth-order valence-corrected chi connectivity index (χ4v) is 5.33. The van der Waals surface area contributed by atoms with Crippen molar-refractivity contribution in [3.63, 3.8) is 0 Å². The molecule has 0 spiro atoms. The second-order valence-corrected chi connectivity index (χ2v) is 9.19. The van der Waals surface area contributed by atoms with E-state index in [1.807, 2.05) is 12.1 Å². The predicted molar refractivity (Wildman–Crippen MR) is 106 cm³/mol. The molecule has 0 radical (unpaired) electrons. The van der Waals surface area contributed by atoms with E-state index in [0.29, 0.717) is 5.75 Å². The molecule has 0 N–H and O–H groups in total. The molecule has 1 aliphatic carbocycles. The molecule has 0 saturated carbocycles. The lowest BCUT2D eigenvalue weighted by Gasteiger charge is -2.34. The Labute approximate surface area is 169 Å². The number of carbonyl (C=O) groups is 1. The number of rotatable bonds is 5. The van der Waals surface area contributed by atoms with Gasteiger partial charge in [0.05, 0.1) is 0 Å². The van der Waals surface area contributed by atoms with Crippen LogP contribution in [0.15, 0.2) is 47.4 Å². The van der Waals surface area contributed by atoms with Crippen LogP contribution < -0.4 is 4.74 Å². The number of fused-ring (bicyclic) bond motifs is 1. The molecule has 1 amide bonds. The van der Waals surface area contributed by atoms with Gasteiger partial charge in [0.2, 0.25) is 10.0 Å². The second kappa shape index (κ2) is 8.12. The Kier molecular flexibility index (Phi) is 5.56. The van der Waals surface area contributed by atoms with Gasteiger partial charge in [-0.15, -0.1) is 0 Å². The largest absolute Gasteiger partial charge is 0.484 e. The molecule has 2 aromatic carbocycles. The number of halogens is 1. The molecule has 1 aliphatic heterocycles. The molecule has 1 saturated heterocycles. The Morgan fingerprint density at radius 1 is 1.00 bits per heavy atom. The molecule has 1 heterocycles. The number of ether oxygens (including phenoxy) is 1. The molecular formula is C21H23FN2O4S. The molecular weight excluding hydrogens is 395 g/mol. The number of nitrogens with zero attached hydrogens (tertiary/aromatic N) is 2. The maximum Gasteiger partial charge on any atom is 0.260 e. The van der Waals surface area contributed by atoms with Gasteiger partial charge in [0.15, 0.2) is 6.61 Å². The summed E-state index contributed by atoms with van der Waals surface area (Å²) in [6, 6.07) is 11.3. The summed E-state index contributed by atoms with van der Waals surface area (Å²) in [5.74, 6) is -0.276. The second-order valence-electron chi connectivity index (χ2n) is 7.29. The zero-order valence-electron chi connectivity index (χ0n) is 16.0. The Balaban J connectivity index is 1.32. The molecule has 2 aliphatic rings. The Morgan fingerprint density at radius 2 is 1.72 bits per heavy atom. The van der Waals surface area contributed by atoms with Gasteiger partial charge in [0, 0.05) is 26.2 Å². The van der Waals surface area contributed by atoms with Gasteiger partial charge in [-0.2, -0.15) is 4.31 Å². The third-order valence-corrected chi connectivity index (χ3v) is 7.41. The van der Waals surface area contributed by atoms with Crippen LogP contribution in [0.3, 0.4) is 0 Å². The number of hydrogen-bond acceptors (Lipinski definition) is 4. The summed E-state index contributed by atoms with van der Waals surface area (Å²) in [7, 11) is -3.91. The van der Waals surface area contributed by atoms with Gasteiger partial charge in [-0.25, -0.2) is 12.8 Å². The van der Waals surface area contributed by atoms with Crippen molar-refractivity contribution < 1.29 is 22.3 Å². The quantitative estimate of drug-likeness (QED) is 0.747. The first kappa shape index (κ1) is 19.8. The summed E-state index contributed by atoms with van der Waals surface area (Å²) in [5.41, 5.74) is 2.62. The summed E-state index contributed by atoms with van der Waals surface area (Å²) in [4.78, 5) is 13.7. The first-order valence-electron chi connectivity index (χ1n) is 9.72. The summed E-state index contributed by atoms with van der Waals surface area (Å²) in [5, 5.41) is 0. The van der Waals surface area contributed by atoms with Gasteiger partial charge in [-0.05, 0) is 54.7 Å². The minimum atomic E-state index is -3.91. The van der Waals surface area contributed by atoms with E-state index in [1.165, 1.54) is 33.6 Å². The minimum Gasteiger partial charge on any atom is -0.484 e. The van der Waals surface area contributed by atoms with Crippen LogP contribution in [0.25, 0.3) is 0 Å². The highest BCUT2D eigenvalue weighted by atomic mass is 32.2. The van der Waals surface area contributed by atoms with Crippen molar-refractivity contribution in [3.05, 3.63) is 59.4 Å². The van der Waals surface area contributed by atoms with E-state index in [2.05, 4.69) is 6.07 Å². The molecule has 154 valence electrons. The molecule has 0 aromatic heterocycles. The molecule has 8 heteroatoms. The smallest absolute Gasteiger partial charge is 0.260 e. The lowest BCUT2D eigenvalue weighted by Crippen LogP contribution is -2.51. The van der Waals surface area contributed by atoms with E-state index in [-0.39, 0.29) is 43.6 Å². The number of aryl methyl sites for hydroxylation is 2. The van der Waals surface area contributed by atoms with E-state index in [1.54, 1.807) is 4.90 Å². The maximum atomic E-state index is 13.9. The summed E-state index contributed by atoms with van der Waals surface area (Å²) in [6.07, 6.45) is 3.28. The van der Waals surface area contributed by atoms with Crippen molar-refractivity contribution in [1.82, 2.24) is 9.21 Å². The molecule has 0 bridgehead atoms. The average Bonchev–Trinajstić information content (AvgIpc) is 3.20. The number of hydrogen-bond donors (Lipinski definition) is 0. The van der Waals surface area contributed by atoms with E-state index in [4.69, 9.17) is 4.74 Å². The van der Waals surface area contributed by atoms with E-state index in [9.17, 15) is 17.6 Å². The zero-order valence-corrected chi connectivity index (χ0v) is 16.8. The fourth-order valence-electron chi connectivity index (χ4n) is 3.85. The number of carbonyl (C=O) groups excluding carboxylic acids is 1. The van der Waals surface area contributed by atoms with E-state index >= 15 is 0 Å². The number of piperazine rings is 1. The van der Waals surface area contributed by atoms with E-state index in [0.717, 1.165) is 25.3 Å². The molecule has 1 fully saturated rings. The van der Waals surface area contributed by atoms with Crippen molar-refractivity contribution in [2.45, 2.75) is 24.2 Å². The van der Waals surface area contributed by atoms with Gasteiger partial charge in [-0.3, -0.25) is 4.79 Å². The van der Waals surface area contributed by atoms with Crippen LogP contribution in [0.1, 0.15) is 17.5 Å². The Hall–Kier alpha value is -2.45. The van der Waals surface area contributed by atoms with Gasteiger partial charge in [-0.1, -0.05) is 18.2 Å². The van der Waals surface area contributed by atoms with Crippen molar-refractivity contribution in [2.75, 3.05) is 32.8 Å². The monoisotopic (exact) mass is 418 g/mol. The predicted octanol–water partition coefficient (Wildman–Crippen LogP) is 2.23. The molecule has 2 aromatic rings. The molecule has 4 rings (SSSR count). The highest BCUT2D eigenvalue weighted by Gasteiger charge is 2.31. The molecule has 0 unspecified atom stereocenters. The van der Waals surface area contributed by atoms with Crippen molar-refractivity contribution in [2.24, 2.45) is 0 Å². The van der Waals surface area contributed by atoms with Crippen LogP contribution in [0, 0.1) is 5.82 Å². The summed E-state index contributed by atoms with van der Waals surface area (Å²) < 4.78 is 46.1. The van der Waals surface area contributed by atoms with Crippen LogP contribution in [0.5, 0.6) is 5.75 Å². The summed E-state index contributed by atoms with van der Waals surface area (Å²) >= 11 is 0. The van der Waals surface area contributed by atoms with Crippen LogP contribution >= 0.6 is 0 Å². The lowest BCUT2D eigenvalue weighted by molar-refractivity contribution is -0.134. The van der Waals surface area contributed by atoms with Gasteiger partial charge >= 0.3 is 0 Å². The van der Waals surface area contributed by atoms with Crippen molar-refractivity contribution >= 4 is 15.9 Å². The van der Waals surface area contributed by atoms with Gasteiger partial charge < -0.3 is 9.64 Å². The van der Waals surface area contributed by atoms with Crippen molar-refractivity contribution in [3.8, 4) is 5.75 Å². The van der Waals surface area contributed by atoms with Crippen molar-refractivity contribution in [1.29, 1.82) is 0 Å². The highest BCUT2D eigenvalue weighted by Crippen LogP contribution is 2.26. The molecule has 6 nitrogen and oxygen atoms in total. The third kappa shape index (κ3) is 4.13. The van der Waals surface area contributed by atoms with Crippen LogP contribution in [0.2, 0.25) is 0 Å². The zero-order chi connectivity index (χ0) is 20.4. The molecule has 0 atom stereocenters. The first-order chi connectivity index (χ1) is 13.9. The van der Waals surface area contributed by atoms with Crippen LogP contribution in [-0.2, 0) is 27.7 Å². The topological polar surface area (TPSA) is 66.9 Å². The Morgan fingerprint density at radius 3 is 2.48 bits per heavy atom. The van der Waals surface area contributed by atoms with Gasteiger partial charge in [0.1, 0.15) is 16.5 Å². The number of benzene rings is 2. The average molecular weight is 418 g/mol. The van der Waals surface area contributed by atoms with E-state index < -0.39 is 15.8 Å². The van der Waals surface area contributed by atoms with Gasteiger partial charge in [0.25, 0.3) is 5.91 Å². The molecule has 29 heavy (non-hydrogen) atoms. The normalized spacial score (nSPS) is 17.2. The lowest BCUT2D eigenvalue weighted by atomic mass is 10.1. The summed E-state index contributed by atoms with van der Waals surface area (Å²) in [6.45, 7) is 0.668. The minimum absolute atomic E-state index is 0.0845. The number of sulfonamides is 1. The highest BCUT2D eigenvalue weighted by molar-refractivity contribution is 7.89. The Bertz CT molecular complexity index is 1020. The maximum absolute atomic E-state index is 13.9. The fraction of sp³-hybridized carbons (Fsp3) is 0.381. The number of amides is 1. The third-order valence-electron chi connectivity index (χ3n) is 5.48. The standard InChI is InChI=1S/C21H23FN2O4S/c22-19-6-1-2-7-20(19)29(26,27)24-12-10-23(11-13-24)21(25)15-28-18-9-8-16-4-3-5-17(16)14-18/h1-2,6-9,14H,3-5,10-13,15H2. The van der Waals surface area contributed by atoms with Crippen LogP contribution in [-0.4, -0.2) is 56.3 Å². The van der Waals surface area contributed by atoms with Crippen LogP contribution in [0.4, 0.5) is 4.39 Å². The first-order valence-corrected chi connectivity index (χ1v) is 11.2. The SMILES string of the molecule is O=C(COc1ccc2c(c1)CCC2)N1CCN(S(=O)(=O)c2ccccc2F)CC1.